The van der Waals surface area contributed by atoms with E-state index >= 15 is 0 Å². The summed E-state index contributed by atoms with van der Waals surface area (Å²) < 4.78 is 0. The molecule has 1 aromatic carbocycles. The van der Waals surface area contributed by atoms with Gasteiger partial charge in [-0.25, -0.2) is 0 Å². The van der Waals surface area contributed by atoms with Crippen LogP contribution >= 0.6 is 0 Å². The van der Waals surface area contributed by atoms with Crippen molar-refractivity contribution in [1.82, 2.24) is 9.88 Å². The number of hydrogen-bond donors (Lipinski definition) is 1. The van der Waals surface area contributed by atoms with Crippen molar-refractivity contribution in [1.29, 1.82) is 0 Å². The summed E-state index contributed by atoms with van der Waals surface area (Å²) in [7, 11) is 0. The summed E-state index contributed by atoms with van der Waals surface area (Å²) in [4.78, 5) is 31.5. The third-order valence-electron chi connectivity index (χ3n) is 5.82. The van der Waals surface area contributed by atoms with Gasteiger partial charge >= 0.3 is 0 Å². The van der Waals surface area contributed by atoms with Gasteiger partial charge in [0.05, 0.1) is 11.9 Å². The Labute approximate surface area is 159 Å². The van der Waals surface area contributed by atoms with Gasteiger partial charge in [0.1, 0.15) is 0 Å². The highest BCUT2D eigenvalue weighted by Gasteiger charge is 2.39. The topological polar surface area (TPSA) is 62.3 Å². The molecule has 1 aliphatic carbocycles. The van der Waals surface area contributed by atoms with E-state index in [0.29, 0.717) is 19.5 Å². The first-order valence-electron chi connectivity index (χ1n) is 9.72. The molecular formula is C22H25N3O2. The maximum atomic E-state index is 12.8. The maximum Gasteiger partial charge on any atom is 0.254 e. The molecule has 1 aliphatic heterocycles. The number of rotatable bonds is 5. The summed E-state index contributed by atoms with van der Waals surface area (Å²) in [6.45, 7) is 1.31. The van der Waals surface area contributed by atoms with Gasteiger partial charge in [-0.15, -0.1) is 0 Å². The average Bonchev–Trinajstić information content (AvgIpc) is 2.99. The number of aromatic nitrogens is 1. The third kappa shape index (κ3) is 3.87. The van der Waals surface area contributed by atoms with E-state index in [1.54, 1.807) is 12.4 Å². The molecule has 1 saturated carbocycles. The Morgan fingerprint density at radius 1 is 1.11 bits per heavy atom. The zero-order valence-electron chi connectivity index (χ0n) is 15.5. The number of hydrogen-bond acceptors (Lipinski definition) is 3. The van der Waals surface area contributed by atoms with Crippen molar-refractivity contribution >= 4 is 17.5 Å². The minimum Gasteiger partial charge on any atom is -0.334 e. The quantitative estimate of drug-likeness (QED) is 0.873. The molecule has 2 aliphatic rings. The minimum absolute atomic E-state index is 0.00839. The van der Waals surface area contributed by atoms with Crippen LogP contribution in [-0.4, -0.2) is 28.2 Å². The first-order chi connectivity index (χ1) is 13.2. The second-order valence-electron chi connectivity index (χ2n) is 7.85. The maximum absolute atomic E-state index is 12.8. The van der Waals surface area contributed by atoms with Crippen LogP contribution in [-0.2, 0) is 11.3 Å². The molecular weight excluding hydrogens is 338 g/mol. The Morgan fingerprint density at radius 2 is 1.93 bits per heavy atom. The monoisotopic (exact) mass is 363 g/mol. The van der Waals surface area contributed by atoms with Crippen LogP contribution in [0, 0.1) is 5.41 Å². The van der Waals surface area contributed by atoms with Crippen LogP contribution in [0.2, 0.25) is 0 Å². The number of nitrogens with one attached hydrogen (secondary N) is 1. The predicted octanol–water partition coefficient (Wildman–Crippen LogP) is 4.02. The van der Waals surface area contributed by atoms with Crippen LogP contribution in [0.4, 0.5) is 5.69 Å². The normalized spacial score (nSPS) is 18.2. The fraction of sp³-hybridized carbons (Fsp3) is 0.409. The number of nitrogens with zero attached hydrogens (tertiary/aromatic N) is 2. The summed E-state index contributed by atoms with van der Waals surface area (Å²) in [6.07, 6.45) is 9.23. The molecule has 4 rings (SSSR count). The first-order valence-corrected chi connectivity index (χ1v) is 9.72. The molecule has 2 heterocycles. The smallest absolute Gasteiger partial charge is 0.254 e. The summed E-state index contributed by atoms with van der Waals surface area (Å²) >= 11 is 0. The Bertz CT molecular complexity index is 828. The lowest BCUT2D eigenvalue weighted by Crippen LogP contribution is -2.41. The van der Waals surface area contributed by atoms with Crippen molar-refractivity contribution in [3.8, 4) is 0 Å². The Hall–Kier alpha value is -2.69. The van der Waals surface area contributed by atoms with E-state index in [1.165, 1.54) is 6.42 Å². The van der Waals surface area contributed by atoms with Crippen molar-refractivity contribution in [2.75, 3.05) is 11.9 Å². The molecule has 2 aromatic rings. The molecule has 27 heavy (non-hydrogen) atoms. The Balaban J connectivity index is 1.48. The van der Waals surface area contributed by atoms with Crippen molar-refractivity contribution in [3.05, 3.63) is 59.9 Å². The highest BCUT2D eigenvalue weighted by atomic mass is 16.2. The standard InChI is InChI=1S/C22H25N3O2/c26-20(24-18-8-6-12-23-14-18)13-22(10-4-1-5-11-22)16-25-15-17-7-2-3-9-19(17)21(25)27/h2-3,6-9,12,14H,1,4-5,10-11,13,15-16H2,(H,24,26). The molecule has 1 N–H and O–H groups in total. The van der Waals surface area contributed by atoms with Gasteiger partial charge in [-0.3, -0.25) is 14.6 Å². The molecule has 1 aromatic heterocycles. The second-order valence-corrected chi connectivity index (χ2v) is 7.85. The number of pyridine rings is 1. The van der Waals surface area contributed by atoms with Crippen LogP contribution in [0.3, 0.4) is 0 Å². The molecule has 0 saturated heterocycles. The summed E-state index contributed by atoms with van der Waals surface area (Å²) in [5.74, 6) is 0.109. The van der Waals surface area contributed by atoms with E-state index in [9.17, 15) is 9.59 Å². The fourth-order valence-electron chi connectivity index (χ4n) is 4.52. The molecule has 0 bridgehead atoms. The van der Waals surface area contributed by atoms with E-state index in [-0.39, 0.29) is 17.2 Å². The van der Waals surface area contributed by atoms with Gasteiger partial charge in [0.25, 0.3) is 5.91 Å². The molecule has 2 amide bonds. The van der Waals surface area contributed by atoms with E-state index in [4.69, 9.17) is 0 Å². The molecule has 0 atom stereocenters. The van der Waals surface area contributed by atoms with E-state index < -0.39 is 0 Å². The molecule has 0 spiro atoms. The first kappa shape index (κ1) is 17.7. The van der Waals surface area contributed by atoms with Crippen molar-refractivity contribution in [2.24, 2.45) is 5.41 Å². The predicted molar refractivity (Wildman–Crippen MR) is 104 cm³/mol. The average molecular weight is 363 g/mol. The minimum atomic E-state index is -0.137. The van der Waals surface area contributed by atoms with Gasteiger partial charge in [-0.2, -0.15) is 0 Å². The summed E-state index contributed by atoms with van der Waals surface area (Å²) in [5.41, 5.74) is 2.48. The third-order valence-corrected chi connectivity index (χ3v) is 5.82. The Kier molecular flexibility index (Phi) is 4.92. The molecule has 5 heteroatoms. The SMILES string of the molecule is O=C(CC1(CN2Cc3ccccc3C2=O)CCCCC1)Nc1cccnc1. The molecule has 0 unspecified atom stereocenters. The zero-order valence-corrected chi connectivity index (χ0v) is 15.5. The van der Waals surface area contributed by atoms with Crippen LogP contribution in [0.1, 0.15) is 54.4 Å². The number of benzene rings is 1. The lowest BCUT2D eigenvalue weighted by atomic mass is 9.71. The summed E-state index contributed by atoms with van der Waals surface area (Å²) in [5, 5.41) is 2.96. The Morgan fingerprint density at radius 3 is 2.67 bits per heavy atom. The number of fused-ring (bicyclic) bond motifs is 1. The van der Waals surface area contributed by atoms with Crippen LogP contribution < -0.4 is 5.32 Å². The number of carbonyl (C=O) groups excluding carboxylic acids is 2. The fourth-order valence-corrected chi connectivity index (χ4v) is 4.52. The zero-order chi connectivity index (χ0) is 18.7. The van der Waals surface area contributed by atoms with Crippen LogP contribution in [0.25, 0.3) is 0 Å². The molecule has 1 fully saturated rings. The van der Waals surface area contributed by atoms with Gasteiger partial charge in [0.15, 0.2) is 0 Å². The second kappa shape index (κ2) is 7.51. The van der Waals surface area contributed by atoms with E-state index in [0.717, 1.165) is 42.5 Å². The number of amides is 2. The number of carbonyl (C=O) groups is 2. The highest BCUT2D eigenvalue weighted by molar-refractivity contribution is 5.98. The largest absolute Gasteiger partial charge is 0.334 e. The van der Waals surface area contributed by atoms with Gasteiger partial charge in [0, 0.05) is 31.3 Å². The van der Waals surface area contributed by atoms with E-state index in [2.05, 4.69) is 10.3 Å². The number of anilines is 1. The van der Waals surface area contributed by atoms with Crippen molar-refractivity contribution in [2.45, 2.75) is 45.1 Å². The highest BCUT2D eigenvalue weighted by Crippen LogP contribution is 2.41. The lowest BCUT2D eigenvalue weighted by Gasteiger charge is -2.39. The van der Waals surface area contributed by atoms with Crippen molar-refractivity contribution < 1.29 is 9.59 Å². The van der Waals surface area contributed by atoms with E-state index in [1.807, 2.05) is 41.3 Å². The lowest BCUT2D eigenvalue weighted by molar-refractivity contribution is -0.119. The van der Waals surface area contributed by atoms with Crippen LogP contribution in [0.5, 0.6) is 0 Å². The van der Waals surface area contributed by atoms with Crippen LogP contribution in [0.15, 0.2) is 48.8 Å². The van der Waals surface area contributed by atoms with Gasteiger partial charge in [0.2, 0.25) is 5.91 Å². The molecule has 0 radical (unpaired) electrons. The van der Waals surface area contributed by atoms with Gasteiger partial charge in [-0.05, 0) is 42.0 Å². The van der Waals surface area contributed by atoms with Crippen molar-refractivity contribution in [3.63, 3.8) is 0 Å². The molecule has 5 nitrogen and oxygen atoms in total. The van der Waals surface area contributed by atoms with Gasteiger partial charge in [-0.1, -0.05) is 37.5 Å². The summed E-state index contributed by atoms with van der Waals surface area (Å²) in [6, 6.07) is 11.5. The molecule has 140 valence electrons. The van der Waals surface area contributed by atoms with Gasteiger partial charge < -0.3 is 10.2 Å².